The van der Waals surface area contributed by atoms with Crippen molar-refractivity contribution in [1.82, 2.24) is 0 Å². The first-order valence-electron chi connectivity index (χ1n) is 9.71. The summed E-state index contributed by atoms with van der Waals surface area (Å²) in [5.41, 5.74) is -1.69. The molecule has 9 atom stereocenters. The van der Waals surface area contributed by atoms with E-state index in [1.54, 1.807) is 13.0 Å². The lowest BCUT2D eigenvalue weighted by Crippen LogP contribution is -2.54. The van der Waals surface area contributed by atoms with Gasteiger partial charge >= 0.3 is 0 Å². The molecule has 0 heterocycles. The van der Waals surface area contributed by atoms with Crippen molar-refractivity contribution in [2.45, 2.75) is 71.6 Å². The summed E-state index contributed by atoms with van der Waals surface area (Å²) in [4.78, 5) is 12.1. The first kappa shape index (κ1) is 16.8. The topological polar surface area (TPSA) is 37.3 Å². The van der Waals surface area contributed by atoms with E-state index in [1.165, 1.54) is 0 Å². The third-order valence-corrected chi connectivity index (χ3v) is 8.76. The van der Waals surface area contributed by atoms with Crippen LogP contribution < -0.4 is 0 Å². The molecule has 4 aliphatic rings. The third-order valence-electron chi connectivity index (χ3n) is 8.76. The Balaban J connectivity index is 1.71. The molecule has 0 saturated heterocycles. The number of halogens is 1. The summed E-state index contributed by atoms with van der Waals surface area (Å²) in [5, 5.41) is 10.6. The lowest BCUT2D eigenvalue weighted by molar-refractivity contribution is -0.132. The summed E-state index contributed by atoms with van der Waals surface area (Å²) < 4.78 is 14.9. The van der Waals surface area contributed by atoms with Crippen molar-refractivity contribution in [2.24, 2.45) is 40.4 Å². The largest absolute Gasteiger partial charge is 0.389 e. The lowest BCUT2D eigenvalue weighted by atomic mass is 9.45. The summed E-state index contributed by atoms with van der Waals surface area (Å²) in [7, 11) is 0. The van der Waals surface area contributed by atoms with Crippen molar-refractivity contribution in [3.05, 3.63) is 12.2 Å². The molecule has 1 N–H and O–H groups in total. The normalized spacial score (nSPS) is 59.7. The zero-order chi connectivity index (χ0) is 17.5. The van der Waals surface area contributed by atoms with E-state index in [4.69, 9.17) is 0 Å². The van der Waals surface area contributed by atoms with Crippen molar-refractivity contribution in [1.29, 1.82) is 0 Å². The van der Waals surface area contributed by atoms with Gasteiger partial charge in [-0.05, 0) is 79.6 Å². The Morgan fingerprint density at radius 1 is 1.12 bits per heavy atom. The molecule has 3 fully saturated rings. The number of aliphatic hydroxyl groups excluding tert-OH is 1. The van der Waals surface area contributed by atoms with E-state index >= 15 is 0 Å². The summed E-state index contributed by atoms with van der Waals surface area (Å²) in [6, 6.07) is 0. The molecule has 3 heteroatoms. The number of alkyl halides is 1. The van der Waals surface area contributed by atoms with Gasteiger partial charge in [0.25, 0.3) is 0 Å². The van der Waals surface area contributed by atoms with Gasteiger partial charge in [0.05, 0.1) is 6.10 Å². The Labute approximate surface area is 144 Å². The number of carbonyl (C=O) groups excluding carboxylic acids is 1. The van der Waals surface area contributed by atoms with Crippen molar-refractivity contribution < 1.29 is 14.3 Å². The summed E-state index contributed by atoms with van der Waals surface area (Å²) in [5.74, 6) is 2.05. The fraction of sp³-hybridized carbons (Fsp3) is 0.857. The Morgan fingerprint density at radius 3 is 2.54 bits per heavy atom. The van der Waals surface area contributed by atoms with Gasteiger partial charge in [0.2, 0.25) is 0 Å². The quantitative estimate of drug-likeness (QED) is 0.716. The maximum absolute atomic E-state index is 14.9. The molecule has 0 radical (unpaired) electrons. The SMILES string of the molecule is CC1C(=O)C=C[C@@]2(C)[C@H]1CC[C@@H]1[C@@H]2CC[C@]2(C)[C@@H](O)[C@@](C)(F)C[C@@H]12. The first-order chi connectivity index (χ1) is 11.1. The number of allylic oxidation sites excluding steroid dienone is 2. The molecule has 0 aromatic heterocycles. The molecule has 1 unspecified atom stereocenters. The van der Waals surface area contributed by atoms with Crippen LogP contribution in [0.15, 0.2) is 12.2 Å². The number of fused-ring (bicyclic) bond motifs is 5. The number of hydrogen-bond acceptors (Lipinski definition) is 2. The second kappa shape index (κ2) is 4.93. The minimum absolute atomic E-state index is 0.0534. The van der Waals surface area contributed by atoms with Crippen LogP contribution in [-0.4, -0.2) is 22.7 Å². The predicted molar refractivity (Wildman–Crippen MR) is 92.1 cm³/mol. The maximum atomic E-state index is 14.9. The molecule has 24 heavy (non-hydrogen) atoms. The highest BCUT2D eigenvalue weighted by atomic mass is 19.1. The number of aliphatic hydroxyl groups is 1. The van der Waals surface area contributed by atoms with E-state index in [-0.39, 0.29) is 28.4 Å². The molecule has 4 rings (SSSR count). The summed E-state index contributed by atoms with van der Waals surface area (Å²) >= 11 is 0. The van der Waals surface area contributed by atoms with Gasteiger partial charge in [0, 0.05) is 5.92 Å². The lowest BCUT2D eigenvalue weighted by Gasteiger charge is -2.59. The Bertz CT molecular complexity index is 597. The molecule has 3 saturated carbocycles. The highest BCUT2D eigenvalue weighted by molar-refractivity contribution is 5.92. The first-order valence-corrected chi connectivity index (χ1v) is 9.71. The number of carbonyl (C=O) groups is 1. The molecule has 4 aliphatic carbocycles. The van der Waals surface area contributed by atoms with Crippen LogP contribution in [0.25, 0.3) is 0 Å². The molecule has 2 nitrogen and oxygen atoms in total. The smallest absolute Gasteiger partial charge is 0.158 e. The van der Waals surface area contributed by atoms with Gasteiger partial charge in [-0.15, -0.1) is 0 Å². The monoisotopic (exact) mass is 334 g/mol. The molecule has 0 amide bonds. The minimum Gasteiger partial charge on any atom is -0.389 e. The predicted octanol–water partition coefficient (Wildman–Crippen LogP) is 4.32. The minimum atomic E-state index is -1.46. The second-order valence-electron chi connectivity index (χ2n) is 9.88. The van der Waals surface area contributed by atoms with Crippen LogP contribution in [-0.2, 0) is 4.79 Å². The summed E-state index contributed by atoms with van der Waals surface area (Å²) in [6.45, 7) is 8.11. The van der Waals surface area contributed by atoms with Gasteiger partial charge in [-0.1, -0.05) is 26.8 Å². The molecule has 0 aromatic rings. The molecular formula is C21H31FO2. The highest BCUT2D eigenvalue weighted by Gasteiger charge is 2.65. The molecule has 134 valence electrons. The molecule has 0 bridgehead atoms. The molecule has 0 aromatic carbocycles. The Hall–Kier alpha value is -0.700. The van der Waals surface area contributed by atoms with Crippen molar-refractivity contribution in [3.8, 4) is 0 Å². The van der Waals surface area contributed by atoms with Crippen LogP contribution in [0, 0.1) is 40.4 Å². The van der Waals surface area contributed by atoms with Crippen LogP contribution >= 0.6 is 0 Å². The average Bonchev–Trinajstić information content (AvgIpc) is 2.71. The van der Waals surface area contributed by atoms with Crippen LogP contribution in [0.3, 0.4) is 0 Å². The number of hydrogen-bond donors (Lipinski definition) is 1. The average molecular weight is 334 g/mol. The second-order valence-corrected chi connectivity index (χ2v) is 9.88. The Morgan fingerprint density at radius 2 is 1.83 bits per heavy atom. The summed E-state index contributed by atoms with van der Waals surface area (Å²) in [6.07, 6.45) is 7.72. The van der Waals surface area contributed by atoms with E-state index < -0.39 is 11.8 Å². The molecular weight excluding hydrogens is 303 g/mol. The fourth-order valence-electron chi connectivity index (χ4n) is 7.37. The van der Waals surface area contributed by atoms with Gasteiger partial charge < -0.3 is 5.11 Å². The van der Waals surface area contributed by atoms with Gasteiger partial charge in [-0.3, -0.25) is 4.79 Å². The van der Waals surface area contributed by atoms with E-state index in [0.29, 0.717) is 24.2 Å². The number of ketones is 1. The van der Waals surface area contributed by atoms with Crippen LogP contribution in [0.2, 0.25) is 0 Å². The third kappa shape index (κ3) is 1.94. The zero-order valence-corrected chi connectivity index (χ0v) is 15.4. The zero-order valence-electron chi connectivity index (χ0n) is 15.4. The van der Waals surface area contributed by atoms with Crippen LogP contribution in [0.1, 0.15) is 59.8 Å². The van der Waals surface area contributed by atoms with Gasteiger partial charge in [-0.25, -0.2) is 4.39 Å². The fourth-order valence-corrected chi connectivity index (χ4v) is 7.37. The van der Waals surface area contributed by atoms with E-state index in [0.717, 1.165) is 25.7 Å². The maximum Gasteiger partial charge on any atom is 0.158 e. The van der Waals surface area contributed by atoms with E-state index in [2.05, 4.69) is 26.8 Å². The Kier molecular flexibility index (Phi) is 3.44. The standard InChI is InChI=1S/C21H31FO2/c1-12-14-6-5-13-15(19(14,2)10-8-17(12)23)7-9-20(3)16(13)11-21(4,22)18(20)24/h8,10,12-16,18,24H,5-7,9,11H2,1-4H3/t12?,13-,14+,15+,16+,18-,19+,20+,21+/m1/s1. The van der Waals surface area contributed by atoms with Crippen molar-refractivity contribution in [2.75, 3.05) is 0 Å². The van der Waals surface area contributed by atoms with Gasteiger partial charge in [0.15, 0.2) is 5.78 Å². The van der Waals surface area contributed by atoms with E-state index in [1.807, 2.05) is 0 Å². The van der Waals surface area contributed by atoms with E-state index in [9.17, 15) is 14.3 Å². The molecule has 0 aliphatic heterocycles. The van der Waals surface area contributed by atoms with Crippen molar-refractivity contribution in [3.63, 3.8) is 0 Å². The van der Waals surface area contributed by atoms with Gasteiger partial charge in [-0.2, -0.15) is 0 Å². The van der Waals surface area contributed by atoms with Crippen LogP contribution in [0.5, 0.6) is 0 Å². The van der Waals surface area contributed by atoms with Crippen molar-refractivity contribution >= 4 is 5.78 Å². The van der Waals surface area contributed by atoms with Gasteiger partial charge in [0.1, 0.15) is 5.67 Å². The number of rotatable bonds is 0. The van der Waals surface area contributed by atoms with Crippen LogP contribution in [0.4, 0.5) is 4.39 Å². The highest BCUT2D eigenvalue weighted by Crippen LogP contribution is 2.67. The molecule has 0 spiro atoms.